The number of hydrogen-bond acceptors (Lipinski definition) is 4. The highest BCUT2D eigenvalue weighted by molar-refractivity contribution is 6.11. The Hall–Kier alpha value is -8.80. The minimum absolute atomic E-state index is 0.918. The van der Waals surface area contributed by atoms with Gasteiger partial charge in [-0.15, -0.1) is 0 Å². The van der Waals surface area contributed by atoms with Gasteiger partial charge in [0.15, 0.2) is 0 Å². The predicted molar refractivity (Wildman–Crippen MR) is 272 cm³/mol. The third-order valence-electron chi connectivity index (χ3n) is 12.8. The predicted octanol–water partition coefficient (Wildman–Crippen LogP) is 15.5. The van der Waals surface area contributed by atoms with Crippen LogP contribution in [-0.2, 0) is 0 Å². The van der Waals surface area contributed by atoms with Crippen molar-refractivity contribution >= 4 is 27.5 Å². The summed E-state index contributed by atoms with van der Waals surface area (Å²) in [5, 5.41) is 2.18. The van der Waals surface area contributed by atoms with Crippen molar-refractivity contribution in [3.8, 4) is 89.3 Å². The van der Waals surface area contributed by atoms with Gasteiger partial charge in [0, 0.05) is 52.9 Å². The van der Waals surface area contributed by atoms with E-state index in [1.807, 2.05) is 49.1 Å². The number of hydrogen-bond donors (Lipinski definition) is 0. The van der Waals surface area contributed by atoms with Crippen molar-refractivity contribution < 1.29 is 0 Å². The molecule has 0 amide bonds. The number of nitrogens with zero attached hydrogens (tertiary/aromatic N) is 5. The molecular weight excluding hydrogens is 803 g/mol. The second-order valence-corrected chi connectivity index (χ2v) is 16.7. The van der Waals surface area contributed by atoms with E-state index in [0.29, 0.717) is 0 Å². The fourth-order valence-corrected chi connectivity index (χ4v) is 9.59. The summed E-state index contributed by atoms with van der Waals surface area (Å²) in [5.41, 5.74) is 21.9. The molecule has 0 saturated carbocycles. The van der Waals surface area contributed by atoms with Crippen molar-refractivity contribution in [2.24, 2.45) is 0 Å². The second kappa shape index (κ2) is 16.4. The lowest BCUT2D eigenvalue weighted by molar-refractivity contribution is 1.26. The quantitative estimate of drug-likeness (QED) is 0.143. The maximum atomic E-state index is 4.88. The number of fused-ring (bicyclic) bond motifs is 6. The summed E-state index contributed by atoms with van der Waals surface area (Å²) >= 11 is 0. The molecule has 0 N–H and O–H groups in total. The molecule has 5 heteroatoms. The van der Waals surface area contributed by atoms with Crippen LogP contribution in [0.2, 0.25) is 0 Å². The van der Waals surface area contributed by atoms with Crippen LogP contribution in [-0.4, -0.2) is 24.3 Å². The Bertz CT molecular complexity index is 3600. The molecule has 12 rings (SSSR count). The van der Waals surface area contributed by atoms with Crippen molar-refractivity contribution in [3.05, 3.63) is 237 Å². The van der Waals surface area contributed by atoms with Crippen molar-refractivity contribution in [1.82, 2.24) is 24.3 Å². The van der Waals surface area contributed by atoms with E-state index in [2.05, 4.69) is 203 Å². The minimum Gasteiger partial charge on any atom is -0.299 e. The first-order valence-electron chi connectivity index (χ1n) is 22.3. The molecule has 0 radical (unpaired) electrons. The van der Waals surface area contributed by atoms with E-state index >= 15 is 0 Å². The van der Waals surface area contributed by atoms with Gasteiger partial charge in [0.05, 0.1) is 22.4 Å². The van der Waals surface area contributed by atoms with Crippen LogP contribution in [0.15, 0.2) is 231 Å². The Morgan fingerprint density at radius 3 is 1.26 bits per heavy atom. The van der Waals surface area contributed by atoms with Gasteiger partial charge in [-0.05, 0) is 134 Å². The molecule has 310 valence electrons. The van der Waals surface area contributed by atoms with Crippen LogP contribution < -0.4 is 0 Å². The van der Waals surface area contributed by atoms with Gasteiger partial charge in [-0.25, -0.2) is 4.98 Å². The molecule has 0 saturated heterocycles. The van der Waals surface area contributed by atoms with Gasteiger partial charge in [-0.2, -0.15) is 0 Å². The summed E-state index contributed by atoms with van der Waals surface area (Å²) in [6, 6.07) is 71.8. The summed E-state index contributed by atoms with van der Waals surface area (Å²) in [6.45, 7) is 2.13. The van der Waals surface area contributed by atoms with E-state index in [0.717, 1.165) is 122 Å². The van der Waals surface area contributed by atoms with Gasteiger partial charge in [-0.1, -0.05) is 146 Å². The van der Waals surface area contributed by atoms with Crippen molar-refractivity contribution in [2.75, 3.05) is 0 Å². The minimum atomic E-state index is 0.918. The summed E-state index contributed by atoms with van der Waals surface area (Å²) in [6.07, 6.45) is 9.52. The van der Waals surface area contributed by atoms with Gasteiger partial charge >= 0.3 is 0 Å². The van der Waals surface area contributed by atoms with Crippen LogP contribution in [0.25, 0.3) is 117 Å². The van der Waals surface area contributed by atoms with E-state index in [1.54, 1.807) is 0 Å². The van der Waals surface area contributed by atoms with Crippen LogP contribution in [0.1, 0.15) is 5.56 Å². The number of aromatic nitrogens is 5. The molecule has 0 atom stereocenters. The van der Waals surface area contributed by atoms with Crippen LogP contribution in [0, 0.1) is 6.92 Å². The van der Waals surface area contributed by atoms with Crippen LogP contribution >= 0.6 is 0 Å². The van der Waals surface area contributed by atoms with Gasteiger partial charge in [-0.3, -0.25) is 19.4 Å². The Labute approximate surface area is 383 Å². The summed E-state index contributed by atoms with van der Waals surface area (Å²) in [4.78, 5) is 18.9. The fourth-order valence-electron chi connectivity index (χ4n) is 9.59. The van der Waals surface area contributed by atoms with Gasteiger partial charge in [0.1, 0.15) is 5.65 Å². The van der Waals surface area contributed by atoms with Crippen LogP contribution in [0.3, 0.4) is 0 Å². The second-order valence-electron chi connectivity index (χ2n) is 16.7. The number of rotatable bonds is 8. The summed E-state index contributed by atoms with van der Waals surface area (Å²) < 4.78 is 2.21. The molecule has 5 heterocycles. The molecule has 5 nitrogen and oxygen atoms in total. The zero-order chi connectivity index (χ0) is 44.0. The third kappa shape index (κ3) is 6.91. The average molecular weight is 844 g/mol. The maximum absolute atomic E-state index is 4.88. The first-order chi connectivity index (χ1) is 32.6. The summed E-state index contributed by atoms with van der Waals surface area (Å²) in [7, 11) is 0. The van der Waals surface area contributed by atoms with Crippen LogP contribution in [0.5, 0.6) is 0 Å². The highest BCUT2D eigenvalue weighted by Gasteiger charge is 2.18. The lowest BCUT2D eigenvalue weighted by Gasteiger charge is -2.18. The van der Waals surface area contributed by atoms with Gasteiger partial charge in [0.25, 0.3) is 0 Å². The van der Waals surface area contributed by atoms with Crippen molar-refractivity contribution in [3.63, 3.8) is 0 Å². The molecule has 0 aliphatic rings. The Balaban J connectivity index is 1.04. The van der Waals surface area contributed by atoms with E-state index in [9.17, 15) is 0 Å². The normalized spacial score (nSPS) is 11.4. The zero-order valence-corrected chi connectivity index (χ0v) is 36.2. The fraction of sp³-hybridized carbons (Fsp3) is 0.0164. The maximum Gasteiger partial charge on any atom is 0.146 e. The lowest BCUT2D eigenvalue weighted by atomic mass is 9.86. The van der Waals surface area contributed by atoms with E-state index in [1.165, 1.54) is 0 Å². The largest absolute Gasteiger partial charge is 0.299 e. The first-order valence-corrected chi connectivity index (χ1v) is 22.3. The first kappa shape index (κ1) is 38.8. The zero-order valence-electron chi connectivity index (χ0n) is 36.2. The highest BCUT2D eigenvalue weighted by atomic mass is 15.0. The molecule has 12 aromatic rings. The van der Waals surface area contributed by atoms with E-state index in [4.69, 9.17) is 9.97 Å². The third-order valence-corrected chi connectivity index (χ3v) is 12.8. The summed E-state index contributed by atoms with van der Waals surface area (Å²) in [5.74, 6) is 0. The number of imidazole rings is 1. The highest BCUT2D eigenvalue weighted by Crippen LogP contribution is 2.43. The molecular formula is C61H41N5. The van der Waals surface area contributed by atoms with Gasteiger partial charge < -0.3 is 0 Å². The topological polar surface area (TPSA) is 56.0 Å². The standard InChI is InChI=1S/C61H41N5/c1-40-30-33-64-60-55-29-28-45(39-58(55)66-35-34-65-61(66)59(40)60)51-14-4-7-17-54(51)48-37-46(52-15-5-2-12-49(52)41-20-24-43(25-21-41)56-18-8-10-31-62-56)36-47(38-48)53-16-6-3-13-50(53)42-22-26-44(27-23-42)57-19-9-11-32-63-57/h2-39H,1H3. The molecule has 0 aliphatic carbocycles. The molecule has 7 aromatic carbocycles. The smallest absolute Gasteiger partial charge is 0.146 e. The Morgan fingerprint density at radius 1 is 0.333 bits per heavy atom. The molecule has 66 heavy (non-hydrogen) atoms. The number of aryl methyl sites for hydroxylation is 1. The van der Waals surface area contributed by atoms with Crippen LogP contribution in [0.4, 0.5) is 0 Å². The van der Waals surface area contributed by atoms with Crippen molar-refractivity contribution in [2.45, 2.75) is 6.92 Å². The molecule has 0 aliphatic heterocycles. The number of pyridine rings is 4. The lowest BCUT2D eigenvalue weighted by Crippen LogP contribution is -1.95. The van der Waals surface area contributed by atoms with E-state index in [-0.39, 0.29) is 0 Å². The SMILES string of the molecule is Cc1ccnc2c3ccc(-c4ccccc4-c4cc(-c5ccccc5-c5ccc(-c6ccccn6)cc5)cc(-c5ccccc5-c5ccc(-c6ccccn6)cc5)c4)cc3n3ccnc3c12. The Morgan fingerprint density at radius 2 is 0.773 bits per heavy atom. The van der Waals surface area contributed by atoms with Crippen molar-refractivity contribution in [1.29, 1.82) is 0 Å². The number of benzene rings is 7. The molecule has 0 bridgehead atoms. The molecule has 0 spiro atoms. The Kier molecular flexibility index (Phi) is 9.65. The van der Waals surface area contributed by atoms with Gasteiger partial charge in [0.2, 0.25) is 0 Å². The monoisotopic (exact) mass is 843 g/mol. The average Bonchev–Trinajstić information content (AvgIpc) is 3.90. The van der Waals surface area contributed by atoms with E-state index < -0.39 is 0 Å². The molecule has 0 unspecified atom stereocenters. The molecule has 5 aromatic heterocycles. The molecule has 0 fully saturated rings.